The highest BCUT2D eigenvalue weighted by molar-refractivity contribution is 9.10. The number of nitrogens with zero attached hydrogens (tertiary/aromatic N) is 2. The molecule has 0 radical (unpaired) electrons. The summed E-state index contributed by atoms with van der Waals surface area (Å²) in [4.78, 5) is 11.2. The lowest BCUT2D eigenvalue weighted by Crippen LogP contribution is -2.13. The average molecular weight is 365 g/mol. The standard InChI is InChI=1S/C15H13BrN2O4/c1-3-21-13-6-10(4-11(7-17)8-18)5-12(16)15(13)22-9-14(19)20-2/h4-6H,3,9H2,1-2H3. The molecule has 0 aliphatic carbocycles. The van der Waals surface area contributed by atoms with Gasteiger partial charge in [-0.05, 0) is 46.6 Å². The number of carbonyl (C=O) groups excluding carboxylic acids is 1. The number of methoxy groups -OCH3 is 1. The zero-order chi connectivity index (χ0) is 16.5. The lowest BCUT2D eigenvalue weighted by Gasteiger charge is -2.14. The number of hydrogen-bond donors (Lipinski definition) is 0. The fourth-order valence-electron chi connectivity index (χ4n) is 1.52. The molecule has 7 heteroatoms. The van der Waals surface area contributed by atoms with Crippen LogP contribution in [0.4, 0.5) is 0 Å². The lowest BCUT2D eigenvalue weighted by molar-refractivity contribution is -0.142. The minimum atomic E-state index is -0.519. The van der Waals surface area contributed by atoms with Gasteiger partial charge < -0.3 is 14.2 Å². The van der Waals surface area contributed by atoms with E-state index in [4.69, 9.17) is 20.0 Å². The van der Waals surface area contributed by atoms with Crippen LogP contribution in [0.15, 0.2) is 22.2 Å². The second kappa shape index (κ2) is 8.71. The van der Waals surface area contributed by atoms with Gasteiger partial charge in [0.25, 0.3) is 0 Å². The topological polar surface area (TPSA) is 92.3 Å². The van der Waals surface area contributed by atoms with Crippen molar-refractivity contribution in [1.82, 2.24) is 0 Å². The van der Waals surface area contributed by atoms with Crippen LogP contribution >= 0.6 is 15.9 Å². The number of rotatable bonds is 6. The molecule has 22 heavy (non-hydrogen) atoms. The van der Waals surface area contributed by atoms with Gasteiger partial charge in [-0.1, -0.05) is 0 Å². The molecule has 6 nitrogen and oxygen atoms in total. The van der Waals surface area contributed by atoms with Crippen LogP contribution in [0, 0.1) is 22.7 Å². The monoisotopic (exact) mass is 364 g/mol. The zero-order valence-electron chi connectivity index (χ0n) is 12.1. The Balaban J connectivity index is 3.19. The highest BCUT2D eigenvalue weighted by atomic mass is 79.9. The third kappa shape index (κ3) is 4.80. The molecule has 0 aliphatic heterocycles. The first-order chi connectivity index (χ1) is 10.5. The number of halogens is 1. The molecule has 0 fully saturated rings. The van der Waals surface area contributed by atoms with Crippen molar-refractivity contribution in [3.05, 3.63) is 27.7 Å². The minimum Gasteiger partial charge on any atom is -0.490 e. The maximum atomic E-state index is 11.2. The molecule has 0 aromatic heterocycles. The molecule has 0 amide bonds. The first-order valence-corrected chi connectivity index (χ1v) is 7.02. The molecule has 0 saturated heterocycles. The van der Waals surface area contributed by atoms with E-state index in [0.29, 0.717) is 28.1 Å². The fourth-order valence-corrected chi connectivity index (χ4v) is 2.09. The van der Waals surface area contributed by atoms with Crippen molar-refractivity contribution in [1.29, 1.82) is 10.5 Å². The molecule has 0 N–H and O–H groups in total. The van der Waals surface area contributed by atoms with Gasteiger partial charge in [-0.2, -0.15) is 10.5 Å². The van der Waals surface area contributed by atoms with Crippen LogP contribution < -0.4 is 9.47 Å². The van der Waals surface area contributed by atoms with Crippen molar-refractivity contribution in [2.24, 2.45) is 0 Å². The Morgan fingerprint density at radius 2 is 2.00 bits per heavy atom. The van der Waals surface area contributed by atoms with Crippen LogP contribution in [0.2, 0.25) is 0 Å². The predicted octanol–water partition coefficient (Wildman–Crippen LogP) is 2.83. The van der Waals surface area contributed by atoms with Gasteiger partial charge >= 0.3 is 5.97 Å². The Morgan fingerprint density at radius 3 is 2.55 bits per heavy atom. The Labute approximate surface area is 136 Å². The van der Waals surface area contributed by atoms with E-state index in [2.05, 4.69) is 20.7 Å². The summed E-state index contributed by atoms with van der Waals surface area (Å²) in [7, 11) is 1.27. The molecular formula is C15H13BrN2O4. The molecule has 0 atom stereocenters. The normalized spacial score (nSPS) is 9.14. The van der Waals surface area contributed by atoms with E-state index in [1.54, 1.807) is 31.2 Å². The quantitative estimate of drug-likeness (QED) is 0.569. The minimum absolute atomic E-state index is 0.0300. The molecule has 0 unspecified atom stereocenters. The van der Waals surface area contributed by atoms with Crippen LogP contribution in [0.25, 0.3) is 6.08 Å². The molecular weight excluding hydrogens is 352 g/mol. The molecule has 0 bridgehead atoms. The van der Waals surface area contributed by atoms with Crippen molar-refractivity contribution in [3.63, 3.8) is 0 Å². The fraction of sp³-hybridized carbons (Fsp3) is 0.267. The summed E-state index contributed by atoms with van der Waals surface area (Å²) in [6.45, 7) is 1.93. The summed E-state index contributed by atoms with van der Waals surface area (Å²) >= 11 is 3.32. The summed E-state index contributed by atoms with van der Waals surface area (Å²) in [5, 5.41) is 17.6. The number of esters is 1. The Morgan fingerprint density at radius 1 is 1.32 bits per heavy atom. The van der Waals surface area contributed by atoms with E-state index < -0.39 is 5.97 Å². The molecule has 0 aliphatic rings. The molecule has 0 spiro atoms. The van der Waals surface area contributed by atoms with Crippen molar-refractivity contribution >= 4 is 28.0 Å². The van der Waals surface area contributed by atoms with E-state index in [1.807, 2.05) is 0 Å². The number of carbonyl (C=O) groups is 1. The number of hydrogen-bond acceptors (Lipinski definition) is 6. The second-order valence-corrected chi connectivity index (χ2v) is 4.76. The Bertz CT molecular complexity index is 655. The average Bonchev–Trinajstić information content (AvgIpc) is 2.51. The number of ether oxygens (including phenoxy) is 3. The molecule has 0 heterocycles. The largest absolute Gasteiger partial charge is 0.490 e. The highest BCUT2D eigenvalue weighted by Crippen LogP contribution is 2.37. The van der Waals surface area contributed by atoms with Crippen molar-refractivity contribution in [2.45, 2.75) is 6.92 Å². The maximum Gasteiger partial charge on any atom is 0.343 e. The van der Waals surface area contributed by atoms with E-state index in [0.717, 1.165) is 0 Å². The Kier molecular flexibility index (Phi) is 6.94. The van der Waals surface area contributed by atoms with Gasteiger partial charge in [-0.3, -0.25) is 0 Å². The van der Waals surface area contributed by atoms with Gasteiger partial charge in [0, 0.05) is 0 Å². The molecule has 1 aromatic carbocycles. The Hall–Kier alpha value is -2.51. The lowest BCUT2D eigenvalue weighted by atomic mass is 10.1. The summed E-state index contributed by atoms with van der Waals surface area (Å²) < 4.78 is 15.9. The maximum absolute atomic E-state index is 11.2. The predicted molar refractivity (Wildman–Crippen MR) is 82.0 cm³/mol. The van der Waals surface area contributed by atoms with Crippen LogP contribution in [0.1, 0.15) is 12.5 Å². The third-order valence-corrected chi connectivity index (χ3v) is 3.03. The van der Waals surface area contributed by atoms with Gasteiger partial charge in [0.1, 0.15) is 17.7 Å². The smallest absolute Gasteiger partial charge is 0.343 e. The summed E-state index contributed by atoms with van der Waals surface area (Å²) in [6, 6.07) is 6.85. The van der Waals surface area contributed by atoms with Crippen LogP contribution in [0.3, 0.4) is 0 Å². The molecule has 114 valence electrons. The van der Waals surface area contributed by atoms with Gasteiger partial charge in [0.2, 0.25) is 0 Å². The van der Waals surface area contributed by atoms with E-state index in [9.17, 15) is 4.79 Å². The van der Waals surface area contributed by atoms with Gasteiger partial charge in [0.05, 0.1) is 18.2 Å². The summed E-state index contributed by atoms with van der Waals surface area (Å²) in [6.07, 6.45) is 1.43. The van der Waals surface area contributed by atoms with Crippen LogP contribution in [-0.4, -0.2) is 26.3 Å². The van der Waals surface area contributed by atoms with Crippen molar-refractivity contribution in [2.75, 3.05) is 20.3 Å². The van der Waals surface area contributed by atoms with Gasteiger partial charge in [0.15, 0.2) is 18.1 Å². The van der Waals surface area contributed by atoms with Crippen molar-refractivity contribution < 1.29 is 19.0 Å². The first-order valence-electron chi connectivity index (χ1n) is 6.23. The second-order valence-electron chi connectivity index (χ2n) is 3.91. The highest BCUT2D eigenvalue weighted by Gasteiger charge is 2.14. The zero-order valence-corrected chi connectivity index (χ0v) is 13.6. The van der Waals surface area contributed by atoms with Crippen molar-refractivity contribution in [3.8, 4) is 23.6 Å². The summed E-state index contributed by atoms with van der Waals surface area (Å²) in [5.41, 5.74) is 0.566. The SMILES string of the molecule is CCOc1cc(C=C(C#N)C#N)cc(Br)c1OCC(=O)OC. The third-order valence-electron chi connectivity index (χ3n) is 2.45. The summed E-state index contributed by atoms with van der Waals surface area (Å²) in [5.74, 6) is 0.219. The van der Waals surface area contributed by atoms with Gasteiger partial charge in [-0.15, -0.1) is 0 Å². The number of benzene rings is 1. The number of allylic oxidation sites excluding steroid dienone is 1. The number of nitriles is 2. The molecule has 1 aromatic rings. The van der Waals surface area contributed by atoms with Crippen LogP contribution in [0.5, 0.6) is 11.5 Å². The molecule has 0 saturated carbocycles. The van der Waals surface area contributed by atoms with E-state index in [-0.39, 0.29) is 12.2 Å². The molecule has 1 rings (SSSR count). The first kappa shape index (κ1) is 17.5. The van der Waals surface area contributed by atoms with E-state index >= 15 is 0 Å². The van der Waals surface area contributed by atoms with Gasteiger partial charge in [-0.25, -0.2) is 4.79 Å². The van der Waals surface area contributed by atoms with Crippen LogP contribution in [-0.2, 0) is 9.53 Å². The van der Waals surface area contributed by atoms with E-state index in [1.165, 1.54) is 13.2 Å².